The molecule has 1 unspecified atom stereocenters. The van der Waals surface area contributed by atoms with Gasteiger partial charge in [-0.15, -0.1) is 11.6 Å². The quantitative estimate of drug-likeness (QED) is 0.863. The second kappa shape index (κ2) is 4.93. The van der Waals surface area contributed by atoms with E-state index in [-0.39, 0.29) is 18.1 Å². The third kappa shape index (κ3) is 2.37. The van der Waals surface area contributed by atoms with Gasteiger partial charge in [0, 0.05) is 5.88 Å². The van der Waals surface area contributed by atoms with Gasteiger partial charge < -0.3 is 14.8 Å². The summed E-state index contributed by atoms with van der Waals surface area (Å²) in [5.74, 6) is 1.60. The highest BCUT2D eigenvalue weighted by atomic mass is 35.5. The second-order valence-corrected chi connectivity index (χ2v) is 5.39. The molecule has 0 spiro atoms. The maximum Gasteiger partial charge on any atom is 0.265 e. The van der Waals surface area contributed by atoms with Crippen LogP contribution in [0.5, 0.6) is 11.5 Å². The van der Waals surface area contributed by atoms with Crippen LogP contribution in [-0.4, -0.2) is 30.0 Å². The van der Waals surface area contributed by atoms with Gasteiger partial charge >= 0.3 is 0 Å². The number of halogens is 1. The zero-order chi connectivity index (χ0) is 13.3. The molecule has 0 radical (unpaired) electrons. The Kier molecular flexibility index (Phi) is 3.27. The SMILES string of the molecule is O=C(NC1(CCl)CCC1)C1COc2ccccc2O1. The second-order valence-electron chi connectivity index (χ2n) is 5.12. The van der Waals surface area contributed by atoms with Crippen molar-refractivity contribution in [2.45, 2.75) is 30.9 Å². The number of nitrogens with one attached hydrogen (secondary N) is 1. The number of amides is 1. The molecule has 0 aromatic heterocycles. The van der Waals surface area contributed by atoms with Gasteiger partial charge in [0.05, 0.1) is 5.54 Å². The molecular weight excluding hydrogens is 266 g/mol. The highest BCUT2D eigenvalue weighted by molar-refractivity contribution is 6.18. The minimum absolute atomic E-state index is 0.144. The lowest BCUT2D eigenvalue weighted by Crippen LogP contribution is -2.59. The lowest BCUT2D eigenvalue weighted by atomic mass is 9.78. The lowest BCUT2D eigenvalue weighted by molar-refractivity contribution is -0.133. The van der Waals surface area contributed by atoms with E-state index >= 15 is 0 Å². The summed E-state index contributed by atoms with van der Waals surface area (Å²) in [5, 5.41) is 3.00. The van der Waals surface area contributed by atoms with Crippen LogP contribution >= 0.6 is 11.6 Å². The first-order valence-electron chi connectivity index (χ1n) is 6.49. The van der Waals surface area contributed by atoms with Gasteiger partial charge in [-0.3, -0.25) is 4.79 Å². The van der Waals surface area contributed by atoms with Gasteiger partial charge in [-0.25, -0.2) is 0 Å². The molecule has 1 aliphatic heterocycles. The topological polar surface area (TPSA) is 47.6 Å². The van der Waals surface area contributed by atoms with Crippen molar-refractivity contribution in [1.82, 2.24) is 5.32 Å². The summed E-state index contributed by atoms with van der Waals surface area (Å²) in [7, 11) is 0. The van der Waals surface area contributed by atoms with E-state index in [1.165, 1.54) is 0 Å². The Balaban J connectivity index is 1.66. The molecule has 1 heterocycles. The van der Waals surface area contributed by atoms with Crippen molar-refractivity contribution < 1.29 is 14.3 Å². The van der Waals surface area contributed by atoms with Gasteiger partial charge in [-0.1, -0.05) is 12.1 Å². The zero-order valence-corrected chi connectivity index (χ0v) is 11.3. The van der Waals surface area contributed by atoms with Crippen LogP contribution in [0.4, 0.5) is 0 Å². The molecule has 1 N–H and O–H groups in total. The normalized spacial score (nSPS) is 23.3. The van der Waals surface area contributed by atoms with Crippen LogP contribution in [0.1, 0.15) is 19.3 Å². The molecule has 1 atom stereocenters. The number of carbonyl (C=O) groups excluding carboxylic acids is 1. The fourth-order valence-corrected chi connectivity index (χ4v) is 2.72. The molecule has 5 heteroatoms. The Morgan fingerprint density at radius 3 is 2.74 bits per heavy atom. The molecule has 2 aliphatic rings. The fourth-order valence-electron chi connectivity index (χ4n) is 2.39. The Morgan fingerprint density at radius 2 is 2.11 bits per heavy atom. The molecule has 1 saturated carbocycles. The summed E-state index contributed by atoms with van der Waals surface area (Å²) in [4.78, 5) is 12.2. The van der Waals surface area contributed by atoms with Gasteiger partial charge in [0.1, 0.15) is 6.61 Å². The van der Waals surface area contributed by atoms with Crippen molar-refractivity contribution >= 4 is 17.5 Å². The number of fused-ring (bicyclic) bond motifs is 1. The summed E-state index contributed by atoms with van der Waals surface area (Å²) < 4.78 is 11.2. The molecule has 1 aromatic rings. The lowest BCUT2D eigenvalue weighted by Gasteiger charge is -2.42. The molecule has 102 valence electrons. The van der Waals surface area contributed by atoms with Crippen LogP contribution in [-0.2, 0) is 4.79 Å². The first-order valence-corrected chi connectivity index (χ1v) is 7.02. The standard InChI is InChI=1S/C14H16ClNO3/c15-9-14(6-3-7-14)16-13(17)12-8-18-10-4-1-2-5-11(10)19-12/h1-2,4-5,12H,3,6-9H2,(H,16,17). The van der Waals surface area contributed by atoms with E-state index in [9.17, 15) is 4.79 Å². The minimum atomic E-state index is -0.601. The van der Waals surface area contributed by atoms with Crippen molar-refractivity contribution in [2.24, 2.45) is 0 Å². The molecule has 1 fully saturated rings. The highest BCUT2D eigenvalue weighted by Gasteiger charge is 2.40. The Labute approximate surface area is 117 Å². The number of benzene rings is 1. The van der Waals surface area contributed by atoms with Crippen LogP contribution in [0, 0.1) is 0 Å². The van der Waals surface area contributed by atoms with Crippen molar-refractivity contribution in [3.63, 3.8) is 0 Å². The van der Waals surface area contributed by atoms with E-state index in [2.05, 4.69) is 5.32 Å². The van der Waals surface area contributed by atoms with Crippen LogP contribution in [0.2, 0.25) is 0 Å². The van der Waals surface area contributed by atoms with Gasteiger partial charge in [0.25, 0.3) is 5.91 Å². The molecule has 19 heavy (non-hydrogen) atoms. The molecule has 3 rings (SSSR count). The van der Waals surface area contributed by atoms with Crippen LogP contribution in [0.3, 0.4) is 0 Å². The third-order valence-electron chi connectivity index (χ3n) is 3.76. The summed E-state index contributed by atoms with van der Waals surface area (Å²) >= 11 is 5.94. The van der Waals surface area contributed by atoms with E-state index in [1.54, 1.807) is 6.07 Å². The Morgan fingerprint density at radius 1 is 1.37 bits per heavy atom. The molecule has 1 amide bonds. The third-order valence-corrected chi connectivity index (χ3v) is 4.27. The van der Waals surface area contributed by atoms with E-state index in [4.69, 9.17) is 21.1 Å². The number of rotatable bonds is 3. The van der Waals surface area contributed by atoms with E-state index in [1.807, 2.05) is 18.2 Å². The van der Waals surface area contributed by atoms with Crippen LogP contribution in [0.25, 0.3) is 0 Å². The fraction of sp³-hybridized carbons (Fsp3) is 0.500. The smallest absolute Gasteiger partial charge is 0.265 e. The molecule has 1 aromatic carbocycles. The average molecular weight is 282 g/mol. The van der Waals surface area contributed by atoms with E-state index < -0.39 is 6.10 Å². The predicted octanol–water partition coefficient (Wildman–Crippen LogP) is 2.10. The number of para-hydroxylation sites is 2. The van der Waals surface area contributed by atoms with Crippen molar-refractivity contribution in [3.05, 3.63) is 24.3 Å². The first kappa shape index (κ1) is 12.6. The molecule has 0 bridgehead atoms. The van der Waals surface area contributed by atoms with Crippen LogP contribution in [0.15, 0.2) is 24.3 Å². The van der Waals surface area contributed by atoms with Crippen LogP contribution < -0.4 is 14.8 Å². The number of ether oxygens (including phenoxy) is 2. The number of hydrogen-bond donors (Lipinski definition) is 1. The maximum atomic E-state index is 12.2. The minimum Gasteiger partial charge on any atom is -0.485 e. The summed E-state index contributed by atoms with van der Waals surface area (Å²) in [5.41, 5.74) is -0.237. The highest BCUT2D eigenvalue weighted by Crippen LogP contribution is 2.34. The van der Waals surface area contributed by atoms with Crippen molar-refractivity contribution in [1.29, 1.82) is 0 Å². The van der Waals surface area contributed by atoms with Gasteiger partial charge in [-0.05, 0) is 31.4 Å². The number of hydrogen-bond acceptors (Lipinski definition) is 3. The monoisotopic (exact) mass is 281 g/mol. The van der Waals surface area contributed by atoms with E-state index in [0.29, 0.717) is 17.4 Å². The summed E-state index contributed by atoms with van der Waals surface area (Å²) in [6, 6.07) is 7.36. The molecule has 0 saturated heterocycles. The van der Waals surface area contributed by atoms with Gasteiger partial charge in [-0.2, -0.15) is 0 Å². The van der Waals surface area contributed by atoms with Gasteiger partial charge in [0.15, 0.2) is 11.5 Å². The maximum absolute atomic E-state index is 12.2. The summed E-state index contributed by atoms with van der Waals surface area (Å²) in [6.45, 7) is 0.237. The number of alkyl halides is 1. The molecule has 1 aliphatic carbocycles. The zero-order valence-electron chi connectivity index (χ0n) is 10.5. The van der Waals surface area contributed by atoms with E-state index in [0.717, 1.165) is 19.3 Å². The Hall–Kier alpha value is -1.42. The van der Waals surface area contributed by atoms with Crippen molar-refractivity contribution in [3.8, 4) is 11.5 Å². The summed E-state index contributed by atoms with van der Waals surface area (Å²) in [6.07, 6.45) is 2.38. The predicted molar refractivity (Wildman–Crippen MR) is 71.8 cm³/mol. The first-order chi connectivity index (χ1) is 9.22. The largest absolute Gasteiger partial charge is 0.485 e. The molecular formula is C14H16ClNO3. The van der Waals surface area contributed by atoms with Crippen molar-refractivity contribution in [2.75, 3.05) is 12.5 Å². The Bertz CT molecular complexity index is 482. The average Bonchev–Trinajstić information content (AvgIpc) is 2.42. The molecule has 4 nitrogen and oxygen atoms in total. The van der Waals surface area contributed by atoms with Gasteiger partial charge in [0.2, 0.25) is 6.10 Å². The number of carbonyl (C=O) groups is 1.